The Labute approximate surface area is 89.3 Å². The number of aliphatic imine (C=N–C) groups is 1. The number of hydrogen-bond acceptors (Lipinski definition) is 4. The Morgan fingerprint density at radius 2 is 2.20 bits per heavy atom. The average molecular weight is 202 g/mol. The van der Waals surface area contributed by atoms with Crippen LogP contribution in [-0.4, -0.2) is 16.7 Å². The quantitative estimate of drug-likeness (QED) is 0.596. The molecule has 0 aromatic carbocycles. The summed E-state index contributed by atoms with van der Waals surface area (Å²) in [6.45, 7) is 5.33. The van der Waals surface area contributed by atoms with Gasteiger partial charge in [0.2, 0.25) is 0 Å². The first kappa shape index (κ1) is 11.3. The van der Waals surface area contributed by atoms with Gasteiger partial charge in [0.05, 0.1) is 6.04 Å². The molecule has 0 fully saturated rings. The van der Waals surface area contributed by atoms with Gasteiger partial charge in [-0.2, -0.15) is 0 Å². The Kier molecular flexibility index (Phi) is 4.37. The van der Waals surface area contributed by atoms with Crippen LogP contribution in [0.15, 0.2) is 47.6 Å². The number of rotatable bonds is 4. The molecule has 1 unspecified atom stereocenters. The van der Waals surface area contributed by atoms with Crippen LogP contribution in [0.25, 0.3) is 0 Å². The minimum Gasteiger partial charge on any atom is -0.320 e. The SMILES string of the molecule is C=N/C=C(\C=C/C)C(N)c1cncnc1. The van der Waals surface area contributed by atoms with Crippen LogP contribution in [0.4, 0.5) is 0 Å². The average Bonchev–Trinajstić information content (AvgIpc) is 2.29. The summed E-state index contributed by atoms with van der Waals surface area (Å²) in [5, 5.41) is 0. The molecule has 0 aliphatic heterocycles. The first-order valence-electron chi connectivity index (χ1n) is 4.58. The van der Waals surface area contributed by atoms with E-state index in [1.807, 2.05) is 19.1 Å². The predicted molar refractivity (Wildman–Crippen MR) is 61.4 cm³/mol. The number of allylic oxidation sites excluding steroid dienone is 1. The zero-order valence-corrected chi connectivity index (χ0v) is 8.67. The van der Waals surface area contributed by atoms with E-state index in [2.05, 4.69) is 21.7 Å². The summed E-state index contributed by atoms with van der Waals surface area (Å²) < 4.78 is 0. The van der Waals surface area contributed by atoms with Crippen LogP contribution >= 0.6 is 0 Å². The molecule has 1 atom stereocenters. The molecule has 1 rings (SSSR count). The Balaban J connectivity index is 2.96. The first-order chi connectivity index (χ1) is 7.29. The third-order valence-electron chi connectivity index (χ3n) is 1.90. The molecule has 0 saturated carbocycles. The standard InChI is InChI=1S/C11H14N4/c1-3-4-9(5-13-2)11(12)10-6-14-8-15-7-10/h3-8,11H,2,12H2,1H3/b4-3-,9-5+. The summed E-state index contributed by atoms with van der Waals surface area (Å²) in [6.07, 6.45) is 10.3. The van der Waals surface area contributed by atoms with Gasteiger partial charge in [0, 0.05) is 24.2 Å². The zero-order chi connectivity index (χ0) is 11.1. The fourth-order valence-electron chi connectivity index (χ4n) is 1.19. The van der Waals surface area contributed by atoms with Gasteiger partial charge in [0.25, 0.3) is 0 Å². The van der Waals surface area contributed by atoms with Crippen LogP contribution in [0.1, 0.15) is 18.5 Å². The maximum Gasteiger partial charge on any atom is 0.115 e. The maximum absolute atomic E-state index is 6.02. The lowest BCUT2D eigenvalue weighted by Crippen LogP contribution is -2.12. The van der Waals surface area contributed by atoms with E-state index >= 15 is 0 Å². The molecule has 78 valence electrons. The van der Waals surface area contributed by atoms with Gasteiger partial charge in [0.1, 0.15) is 6.33 Å². The van der Waals surface area contributed by atoms with Gasteiger partial charge in [-0.15, -0.1) is 0 Å². The second kappa shape index (κ2) is 5.82. The summed E-state index contributed by atoms with van der Waals surface area (Å²) in [5.74, 6) is 0. The van der Waals surface area contributed by atoms with E-state index in [1.54, 1.807) is 18.6 Å². The zero-order valence-electron chi connectivity index (χ0n) is 8.67. The second-order valence-electron chi connectivity index (χ2n) is 2.96. The highest BCUT2D eigenvalue weighted by Crippen LogP contribution is 2.18. The van der Waals surface area contributed by atoms with E-state index < -0.39 is 0 Å². The van der Waals surface area contributed by atoms with Crippen molar-refractivity contribution in [2.45, 2.75) is 13.0 Å². The molecule has 1 aromatic heterocycles. The van der Waals surface area contributed by atoms with Crippen LogP contribution < -0.4 is 5.73 Å². The third kappa shape index (κ3) is 3.11. The molecule has 0 bridgehead atoms. The van der Waals surface area contributed by atoms with Crippen LogP contribution in [0.3, 0.4) is 0 Å². The monoisotopic (exact) mass is 202 g/mol. The molecule has 1 aromatic rings. The molecule has 1 heterocycles. The van der Waals surface area contributed by atoms with Crippen molar-refractivity contribution in [3.05, 3.63) is 48.2 Å². The van der Waals surface area contributed by atoms with Gasteiger partial charge in [-0.25, -0.2) is 9.97 Å². The van der Waals surface area contributed by atoms with Crippen molar-refractivity contribution in [3.63, 3.8) is 0 Å². The molecule has 0 aliphatic carbocycles. The highest BCUT2D eigenvalue weighted by Gasteiger charge is 2.09. The fraction of sp³-hybridized carbons (Fsp3) is 0.182. The van der Waals surface area contributed by atoms with Crippen molar-refractivity contribution in [1.82, 2.24) is 9.97 Å². The highest BCUT2D eigenvalue weighted by atomic mass is 14.8. The van der Waals surface area contributed by atoms with Crippen LogP contribution in [0.5, 0.6) is 0 Å². The predicted octanol–water partition coefficient (Wildman–Crippen LogP) is 1.64. The van der Waals surface area contributed by atoms with E-state index in [0.717, 1.165) is 11.1 Å². The lowest BCUT2D eigenvalue weighted by atomic mass is 10.0. The van der Waals surface area contributed by atoms with E-state index in [1.165, 1.54) is 6.33 Å². The Morgan fingerprint density at radius 1 is 1.53 bits per heavy atom. The van der Waals surface area contributed by atoms with Gasteiger partial charge < -0.3 is 5.73 Å². The topological polar surface area (TPSA) is 64.2 Å². The largest absolute Gasteiger partial charge is 0.320 e. The summed E-state index contributed by atoms with van der Waals surface area (Å²) in [7, 11) is 0. The van der Waals surface area contributed by atoms with E-state index in [9.17, 15) is 0 Å². The minimum atomic E-state index is -0.270. The van der Waals surface area contributed by atoms with Crippen molar-refractivity contribution in [2.24, 2.45) is 10.7 Å². The third-order valence-corrected chi connectivity index (χ3v) is 1.90. The van der Waals surface area contributed by atoms with Crippen molar-refractivity contribution in [3.8, 4) is 0 Å². The molecule has 15 heavy (non-hydrogen) atoms. The van der Waals surface area contributed by atoms with Crippen LogP contribution in [0.2, 0.25) is 0 Å². The normalized spacial score (nSPS) is 14.1. The number of hydrogen-bond donors (Lipinski definition) is 1. The molecule has 0 aliphatic rings. The molecule has 0 spiro atoms. The first-order valence-corrected chi connectivity index (χ1v) is 4.58. The van der Waals surface area contributed by atoms with Crippen molar-refractivity contribution in [1.29, 1.82) is 0 Å². The van der Waals surface area contributed by atoms with E-state index in [0.29, 0.717) is 0 Å². The number of nitrogens with two attached hydrogens (primary N) is 1. The smallest absolute Gasteiger partial charge is 0.115 e. The summed E-state index contributed by atoms with van der Waals surface area (Å²) in [6, 6.07) is -0.270. The Hall–Kier alpha value is -1.81. The van der Waals surface area contributed by atoms with Crippen molar-refractivity contribution >= 4 is 6.72 Å². The fourth-order valence-corrected chi connectivity index (χ4v) is 1.19. The Bertz CT molecular complexity index is 367. The molecule has 4 nitrogen and oxygen atoms in total. The molecular weight excluding hydrogens is 188 g/mol. The molecule has 0 radical (unpaired) electrons. The molecule has 4 heteroatoms. The van der Waals surface area contributed by atoms with Gasteiger partial charge in [0.15, 0.2) is 0 Å². The Morgan fingerprint density at radius 3 is 2.73 bits per heavy atom. The number of aromatic nitrogens is 2. The lowest BCUT2D eigenvalue weighted by Gasteiger charge is -2.11. The van der Waals surface area contributed by atoms with Gasteiger partial charge >= 0.3 is 0 Å². The van der Waals surface area contributed by atoms with Crippen molar-refractivity contribution in [2.75, 3.05) is 0 Å². The molecular formula is C11H14N4. The molecule has 0 amide bonds. The maximum atomic E-state index is 6.02. The lowest BCUT2D eigenvalue weighted by molar-refractivity contribution is 0.846. The summed E-state index contributed by atoms with van der Waals surface area (Å²) >= 11 is 0. The van der Waals surface area contributed by atoms with Gasteiger partial charge in [-0.3, -0.25) is 4.99 Å². The second-order valence-corrected chi connectivity index (χ2v) is 2.96. The molecule has 2 N–H and O–H groups in total. The minimum absolute atomic E-state index is 0.270. The van der Waals surface area contributed by atoms with E-state index in [-0.39, 0.29) is 6.04 Å². The van der Waals surface area contributed by atoms with E-state index in [4.69, 9.17) is 5.73 Å². The van der Waals surface area contributed by atoms with Crippen molar-refractivity contribution < 1.29 is 0 Å². The van der Waals surface area contributed by atoms with Gasteiger partial charge in [-0.05, 0) is 19.2 Å². The highest BCUT2D eigenvalue weighted by molar-refractivity contribution is 5.34. The molecule has 0 saturated heterocycles. The van der Waals surface area contributed by atoms with Crippen LogP contribution in [-0.2, 0) is 0 Å². The van der Waals surface area contributed by atoms with Crippen LogP contribution in [0, 0.1) is 0 Å². The van der Waals surface area contributed by atoms with Gasteiger partial charge in [-0.1, -0.05) is 12.2 Å². The summed E-state index contributed by atoms with van der Waals surface area (Å²) in [4.78, 5) is 11.6. The number of nitrogens with zero attached hydrogens (tertiary/aromatic N) is 3. The summed E-state index contributed by atoms with van der Waals surface area (Å²) in [5.41, 5.74) is 7.75.